The maximum Gasteiger partial charge on any atom is 0.252 e. The molecular weight excluding hydrogens is 354 g/mol. The summed E-state index contributed by atoms with van der Waals surface area (Å²) in [5.74, 6) is 1.25. The summed E-state index contributed by atoms with van der Waals surface area (Å²) in [6, 6.07) is 1.89. The van der Waals surface area contributed by atoms with Gasteiger partial charge in [-0.3, -0.25) is 9.59 Å². The minimum atomic E-state index is -0.505. The molecule has 0 aliphatic heterocycles. The maximum atomic E-state index is 12.1. The third-order valence-corrected chi connectivity index (χ3v) is 4.77. The van der Waals surface area contributed by atoms with Crippen LogP contribution in [0.5, 0.6) is 0 Å². The zero-order chi connectivity index (χ0) is 21.5. The molecule has 7 heteroatoms. The molecule has 0 radical (unpaired) electrons. The monoisotopic (exact) mass is 391 g/mol. The fourth-order valence-electron chi connectivity index (χ4n) is 3.20. The number of nitrogens with one attached hydrogen (secondary N) is 3. The Morgan fingerprint density at radius 2 is 1.89 bits per heavy atom. The molecule has 0 saturated carbocycles. The number of ketones is 1. The SMILES string of the molecule is CC[C@H](CNCC(=O)CC(C)(C)C)C(C)Nc1nc(NC)c(C(N)=O)cc1C. The second-order valence-corrected chi connectivity index (χ2v) is 8.67. The molecule has 0 fully saturated rings. The Hall–Kier alpha value is -2.15. The van der Waals surface area contributed by atoms with Crippen LogP contribution in [-0.4, -0.2) is 42.9 Å². The molecule has 0 bridgehead atoms. The van der Waals surface area contributed by atoms with Crippen LogP contribution in [0.4, 0.5) is 11.6 Å². The van der Waals surface area contributed by atoms with Crippen LogP contribution in [0.3, 0.4) is 0 Å². The van der Waals surface area contributed by atoms with E-state index in [1.165, 1.54) is 0 Å². The third-order valence-electron chi connectivity index (χ3n) is 4.77. The quantitative estimate of drug-likeness (QED) is 0.462. The predicted molar refractivity (Wildman–Crippen MR) is 116 cm³/mol. The molecule has 1 unspecified atom stereocenters. The van der Waals surface area contributed by atoms with E-state index < -0.39 is 5.91 Å². The number of hydrogen-bond acceptors (Lipinski definition) is 6. The van der Waals surface area contributed by atoms with E-state index in [2.05, 4.69) is 55.6 Å². The normalized spacial score (nSPS) is 13.7. The van der Waals surface area contributed by atoms with Crippen LogP contribution in [0.2, 0.25) is 0 Å². The van der Waals surface area contributed by atoms with E-state index in [0.717, 1.165) is 24.3 Å². The lowest BCUT2D eigenvalue weighted by atomic mass is 9.90. The maximum absolute atomic E-state index is 12.1. The van der Waals surface area contributed by atoms with Crippen molar-refractivity contribution in [1.29, 1.82) is 0 Å². The van der Waals surface area contributed by atoms with Crippen molar-refractivity contribution in [3.05, 3.63) is 17.2 Å². The average Bonchev–Trinajstić information content (AvgIpc) is 2.58. The Morgan fingerprint density at radius 3 is 2.39 bits per heavy atom. The molecule has 5 N–H and O–H groups in total. The van der Waals surface area contributed by atoms with Crippen LogP contribution in [-0.2, 0) is 4.79 Å². The highest BCUT2D eigenvalue weighted by molar-refractivity contribution is 5.98. The van der Waals surface area contributed by atoms with Crippen LogP contribution in [0, 0.1) is 18.3 Å². The van der Waals surface area contributed by atoms with Crippen LogP contribution < -0.4 is 21.7 Å². The molecule has 2 atom stereocenters. The van der Waals surface area contributed by atoms with E-state index in [0.29, 0.717) is 30.3 Å². The van der Waals surface area contributed by atoms with Gasteiger partial charge in [0.15, 0.2) is 0 Å². The van der Waals surface area contributed by atoms with Gasteiger partial charge in [0.25, 0.3) is 5.91 Å². The van der Waals surface area contributed by atoms with Crippen LogP contribution in [0.15, 0.2) is 6.07 Å². The first-order chi connectivity index (χ1) is 13.0. The van der Waals surface area contributed by atoms with Gasteiger partial charge in [0.05, 0.1) is 12.1 Å². The van der Waals surface area contributed by atoms with Crippen molar-refractivity contribution in [2.75, 3.05) is 30.8 Å². The lowest BCUT2D eigenvalue weighted by Gasteiger charge is -2.26. The Morgan fingerprint density at radius 1 is 1.25 bits per heavy atom. The second kappa shape index (κ2) is 10.4. The summed E-state index contributed by atoms with van der Waals surface area (Å²) >= 11 is 0. The van der Waals surface area contributed by atoms with Gasteiger partial charge in [-0.2, -0.15) is 0 Å². The summed E-state index contributed by atoms with van der Waals surface area (Å²) < 4.78 is 0. The predicted octanol–water partition coefficient (Wildman–Crippen LogP) is 2.95. The highest BCUT2D eigenvalue weighted by Gasteiger charge is 2.20. The largest absolute Gasteiger partial charge is 0.372 e. The smallest absolute Gasteiger partial charge is 0.252 e. The molecule has 158 valence electrons. The molecule has 0 aliphatic rings. The summed E-state index contributed by atoms with van der Waals surface area (Å²) in [7, 11) is 1.71. The van der Waals surface area contributed by atoms with E-state index in [-0.39, 0.29) is 17.2 Å². The molecule has 1 aromatic heterocycles. The highest BCUT2D eigenvalue weighted by Crippen LogP contribution is 2.23. The zero-order valence-electron chi connectivity index (χ0n) is 18.4. The van der Waals surface area contributed by atoms with Gasteiger partial charge in [-0.05, 0) is 36.8 Å². The summed E-state index contributed by atoms with van der Waals surface area (Å²) in [4.78, 5) is 28.1. The molecule has 0 aliphatic carbocycles. The molecule has 7 nitrogen and oxygen atoms in total. The van der Waals surface area contributed by atoms with Gasteiger partial charge in [0.1, 0.15) is 17.4 Å². The molecule has 0 aromatic carbocycles. The summed E-state index contributed by atoms with van der Waals surface area (Å²) in [5.41, 5.74) is 6.68. The van der Waals surface area contributed by atoms with E-state index >= 15 is 0 Å². The van der Waals surface area contributed by atoms with Crippen molar-refractivity contribution in [3.63, 3.8) is 0 Å². The van der Waals surface area contributed by atoms with E-state index in [4.69, 9.17) is 5.73 Å². The molecule has 1 rings (SSSR count). The van der Waals surface area contributed by atoms with Crippen molar-refractivity contribution < 1.29 is 9.59 Å². The van der Waals surface area contributed by atoms with Gasteiger partial charge < -0.3 is 21.7 Å². The molecule has 1 aromatic rings. The minimum absolute atomic E-state index is 0.0169. The molecule has 28 heavy (non-hydrogen) atoms. The van der Waals surface area contributed by atoms with E-state index in [9.17, 15) is 9.59 Å². The Bertz CT molecular complexity index is 682. The van der Waals surface area contributed by atoms with E-state index in [1.807, 2.05) is 6.92 Å². The van der Waals surface area contributed by atoms with Gasteiger partial charge >= 0.3 is 0 Å². The van der Waals surface area contributed by atoms with Gasteiger partial charge in [-0.1, -0.05) is 34.1 Å². The fraction of sp³-hybridized carbons (Fsp3) is 0.667. The lowest BCUT2D eigenvalue weighted by molar-refractivity contribution is -0.119. The van der Waals surface area contributed by atoms with Gasteiger partial charge in [0.2, 0.25) is 0 Å². The Balaban J connectivity index is 2.72. The standard InChI is InChI=1S/C21H37N5O2/c1-8-15(11-24-12-16(27)10-21(4,5)6)14(3)25-19-13(2)9-17(18(22)28)20(23-7)26-19/h9,14-15,24H,8,10-12H2,1-7H3,(H2,22,28)(H2,23,25,26)/t14?,15-/m1/s1. The summed E-state index contributed by atoms with van der Waals surface area (Å²) in [6.45, 7) is 13.5. The fourth-order valence-corrected chi connectivity index (χ4v) is 3.20. The molecular formula is C21H37N5O2. The number of hydrogen-bond donors (Lipinski definition) is 4. The zero-order valence-corrected chi connectivity index (χ0v) is 18.4. The minimum Gasteiger partial charge on any atom is -0.372 e. The molecule has 0 saturated heterocycles. The summed E-state index contributed by atoms with van der Waals surface area (Å²) in [6.07, 6.45) is 1.54. The topological polar surface area (TPSA) is 109 Å². The third kappa shape index (κ3) is 7.46. The summed E-state index contributed by atoms with van der Waals surface area (Å²) in [5, 5.41) is 9.68. The number of rotatable bonds is 11. The Labute approximate surface area is 169 Å². The number of carbonyl (C=O) groups excluding carboxylic acids is 2. The Kier molecular flexibility index (Phi) is 8.88. The lowest BCUT2D eigenvalue weighted by Crippen LogP contribution is -2.37. The van der Waals surface area contributed by atoms with Gasteiger partial charge in [0, 0.05) is 26.1 Å². The van der Waals surface area contributed by atoms with Crippen LogP contribution in [0.25, 0.3) is 0 Å². The van der Waals surface area contributed by atoms with Crippen molar-refractivity contribution in [3.8, 4) is 0 Å². The highest BCUT2D eigenvalue weighted by atomic mass is 16.1. The first-order valence-corrected chi connectivity index (χ1v) is 9.96. The number of nitrogens with zero attached hydrogens (tertiary/aromatic N) is 1. The van der Waals surface area contributed by atoms with Gasteiger partial charge in [-0.25, -0.2) is 4.98 Å². The number of carbonyl (C=O) groups is 2. The number of aromatic nitrogens is 1. The average molecular weight is 392 g/mol. The van der Waals surface area contributed by atoms with Crippen molar-refractivity contribution in [2.45, 2.75) is 60.4 Å². The number of aryl methyl sites for hydroxylation is 1. The number of primary amides is 1. The molecule has 1 amide bonds. The van der Waals surface area contributed by atoms with Gasteiger partial charge in [-0.15, -0.1) is 0 Å². The first-order valence-electron chi connectivity index (χ1n) is 9.96. The number of nitrogens with two attached hydrogens (primary N) is 1. The van der Waals surface area contributed by atoms with E-state index in [1.54, 1.807) is 13.1 Å². The number of Topliss-reactive ketones (excluding diaryl/α,β-unsaturated/α-hetero) is 1. The van der Waals surface area contributed by atoms with Crippen molar-refractivity contribution in [1.82, 2.24) is 10.3 Å². The van der Waals surface area contributed by atoms with Crippen molar-refractivity contribution in [2.24, 2.45) is 17.1 Å². The molecule has 0 spiro atoms. The first kappa shape index (κ1) is 23.9. The second-order valence-electron chi connectivity index (χ2n) is 8.67. The number of pyridine rings is 1. The number of amides is 1. The number of anilines is 2. The van der Waals surface area contributed by atoms with Crippen LogP contribution >= 0.6 is 0 Å². The van der Waals surface area contributed by atoms with Crippen LogP contribution in [0.1, 0.15) is 63.4 Å². The molecule has 1 heterocycles. The van der Waals surface area contributed by atoms with Crippen molar-refractivity contribution >= 4 is 23.3 Å².